The fourth-order valence-corrected chi connectivity index (χ4v) is 2.36. The Hall–Kier alpha value is -1.26. The van der Waals surface area contributed by atoms with Crippen molar-refractivity contribution in [2.45, 2.75) is 32.4 Å². The van der Waals surface area contributed by atoms with E-state index in [4.69, 9.17) is 11.6 Å². The molecule has 2 rings (SSSR count). The molecule has 1 aromatic carbocycles. The number of halogens is 1. The molecular formula is C14H19ClN2O2. The molecule has 0 saturated carbocycles. The van der Waals surface area contributed by atoms with E-state index in [-0.39, 0.29) is 6.03 Å². The summed E-state index contributed by atoms with van der Waals surface area (Å²) in [4.78, 5) is 13.6. The highest BCUT2D eigenvalue weighted by Gasteiger charge is 2.21. The van der Waals surface area contributed by atoms with E-state index in [0.29, 0.717) is 19.6 Å². The Morgan fingerprint density at radius 1 is 1.58 bits per heavy atom. The number of carbonyl (C=O) groups is 1. The molecule has 0 unspecified atom stereocenters. The van der Waals surface area contributed by atoms with Gasteiger partial charge in [-0.3, -0.25) is 0 Å². The molecule has 2 N–H and O–H groups in total. The molecule has 0 bridgehead atoms. The lowest BCUT2D eigenvalue weighted by atomic mass is 10.1. The molecule has 19 heavy (non-hydrogen) atoms. The van der Waals surface area contributed by atoms with Crippen molar-refractivity contribution in [3.63, 3.8) is 0 Å². The zero-order valence-corrected chi connectivity index (χ0v) is 11.8. The maximum Gasteiger partial charge on any atom is 0.317 e. The Labute approximate surface area is 118 Å². The van der Waals surface area contributed by atoms with Gasteiger partial charge in [0.15, 0.2) is 0 Å². The molecule has 1 aliphatic heterocycles. The van der Waals surface area contributed by atoms with Crippen LogP contribution in [0.1, 0.15) is 24.0 Å². The van der Waals surface area contributed by atoms with Gasteiger partial charge in [-0.1, -0.05) is 23.7 Å². The van der Waals surface area contributed by atoms with Crippen LogP contribution in [0, 0.1) is 6.92 Å². The Kier molecular flexibility index (Phi) is 4.66. The van der Waals surface area contributed by atoms with Crippen molar-refractivity contribution >= 4 is 17.6 Å². The number of amides is 2. The fraction of sp³-hybridized carbons (Fsp3) is 0.500. The van der Waals surface area contributed by atoms with Crippen molar-refractivity contribution in [1.82, 2.24) is 10.2 Å². The van der Waals surface area contributed by atoms with Crippen LogP contribution < -0.4 is 5.32 Å². The molecule has 0 aromatic heterocycles. The van der Waals surface area contributed by atoms with Crippen molar-refractivity contribution in [3.05, 3.63) is 34.3 Å². The minimum Gasteiger partial charge on any atom is -0.391 e. The Balaban J connectivity index is 1.87. The lowest BCUT2D eigenvalue weighted by molar-refractivity contribution is 0.0842. The number of aliphatic hydroxyl groups excluding tert-OH is 1. The van der Waals surface area contributed by atoms with Crippen LogP contribution in [-0.4, -0.2) is 35.2 Å². The van der Waals surface area contributed by atoms with Gasteiger partial charge in [-0.2, -0.15) is 0 Å². The fourth-order valence-electron chi connectivity index (χ4n) is 2.25. The lowest BCUT2D eigenvalue weighted by Crippen LogP contribution is -2.46. The van der Waals surface area contributed by atoms with E-state index in [9.17, 15) is 9.90 Å². The predicted molar refractivity (Wildman–Crippen MR) is 75.2 cm³/mol. The highest BCUT2D eigenvalue weighted by Crippen LogP contribution is 2.16. The number of β-amino-alcohol motifs (C(OH)–C–C–N with tert-alkyl or cyclic N) is 1. The molecule has 104 valence electrons. The van der Waals surface area contributed by atoms with Gasteiger partial charge in [0.05, 0.1) is 6.10 Å². The summed E-state index contributed by atoms with van der Waals surface area (Å²) in [6.07, 6.45) is 1.24. The number of piperidine rings is 1. The summed E-state index contributed by atoms with van der Waals surface area (Å²) in [5, 5.41) is 13.1. The van der Waals surface area contributed by atoms with Crippen molar-refractivity contribution in [2.24, 2.45) is 0 Å². The van der Waals surface area contributed by atoms with Crippen molar-refractivity contribution in [3.8, 4) is 0 Å². The third kappa shape index (κ3) is 3.85. The molecule has 0 spiro atoms. The number of carbonyl (C=O) groups excluding carboxylic acids is 1. The molecule has 4 nitrogen and oxygen atoms in total. The molecule has 0 radical (unpaired) electrons. The Morgan fingerprint density at radius 3 is 3.05 bits per heavy atom. The minimum absolute atomic E-state index is 0.119. The van der Waals surface area contributed by atoms with E-state index in [2.05, 4.69) is 5.32 Å². The predicted octanol–water partition coefficient (Wildman–Crippen LogP) is 2.31. The molecule has 1 aliphatic rings. The van der Waals surface area contributed by atoms with E-state index in [0.717, 1.165) is 29.0 Å². The number of benzene rings is 1. The number of nitrogens with zero attached hydrogens (tertiary/aromatic N) is 1. The van der Waals surface area contributed by atoms with Gasteiger partial charge < -0.3 is 15.3 Å². The molecule has 1 fully saturated rings. The van der Waals surface area contributed by atoms with Crippen molar-refractivity contribution in [2.75, 3.05) is 13.1 Å². The van der Waals surface area contributed by atoms with Crippen LogP contribution >= 0.6 is 11.6 Å². The van der Waals surface area contributed by atoms with Crippen molar-refractivity contribution in [1.29, 1.82) is 0 Å². The van der Waals surface area contributed by atoms with Crippen LogP contribution in [0.2, 0.25) is 5.02 Å². The van der Waals surface area contributed by atoms with Crippen LogP contribution in [-0.2, 0) is 6.54 Å². The van der Waals surface area contributed by atoms with Gasteiger partial charge in [-0.05, 0) is 37.0 Å². The summed E-state index contributed by atoms with van der Waals surface area (Å²) in [5.41, 5.74) is 2.02. The van der Waals surface area contributed by atoms with E-state index < -0.39 is 6.10 Å². The molecule has 1 heterocycles. The maximum atomic E-state index is 11.9. The van der Waals surface area contributed by atoms with Gasteiger partial charge in [0.2, 0.25) is 0 Å². The summed E-state index contributed by atoms with van der Waals surface area (Å²) >= 11 is 5.96. The average Bonchev–Trinajstić information content (AvgIpc) is 2.40. The number of nitrogens with one attached hydrogen (secondary N) is 1. The van der Waals surface area contributed by atoms with Crippen LogP contribution in [0.25, 0.3) is 0 Å². The van der Waals surface area contributed by atoms with Crippen LogP contribution in [0.5, 0.6) is 0 Å². The molecule has 1 aromatic rings. The normalized spacial score (nSPS) is 19.3. The molecule has 2 amide bonds. The smallest absolute Gasteiger partial charge is 0.317 e. The van der Waals surface area contributed by atoms with Crippen LogP contribution in [0.4, 0.5) is 4.79 Å². The highest BCUT2D eigenvalue weighted by molar-refractivity contribution is 6.31. The topological polar surface area (TPSA) is 52.6 Å². The second-order valence-corrected chi connectivity index (χ2v) is 5.39. The second kappa shape index (κ2) is 6.26. The van der Waals surface area contributed by atoms with Crippen molar-refractivity contribution < 1.29 is 9.90 Å². The Bertz CT molecular complexity index is 465. The number of hydrogen-bond acceptors (Lipinski definition) is 2. The number of aliphatic hydroxyl groups is 1. The molecular weight excluding hydrogens is 264 g/mol. The molecule has 1 saturated heterocycles. The van der Waals surface area contributed by atoms with Gasteiger partial charge in [-0.15, -0.1) is 0 Å². The highest BCUT2D eigenvalue weighted by atomic mass is 35.5. The number of likely N-dealkylation sites (tertiary alicyclic amines) is 1. The first kappa shape index (κ1) is 14.2. The first-order valence-corrected chi connectivity index (χ1v) is 6.90. The summed E-state index contributed by atoms with van der Waals surface area (Å²) in [5.74, 6) is 0. The maximum absolute atomic E-state index is 11.9. The quantitative estimate of drug-likeness (QED) is 0.875. The summed E-state index contributed by atoms with van der Waals surface area (Å²) in [6, 6.07) is 5.59. The molecule has 5 heteroatoms. The average molecular weight is 283 g/mol. The van der Waals surface area contributed by atoms with Gasteiger partial charge in [0.25, 0.3) is 0 Å². The first-order chi connectivity index (χ1) is 9.06. The van der Waals surface area contributed by atoms with E-state index in [1.165, 1.54) is 0 Å². The van der Waals surface area contributed by atoms with E-state index >= 15 is 0 Å². The second-order valence-electron chi connectivity index (χ2n) is 4.98. The largest absolute Gasteiger partial charge is 0.391 e. The lowest BCUT2D eigenvalue weighted by Gasteiger charge is -2.30. The Morgan fingerprint density at radius 2 is 2.37 bits per heavy atom. The minimum atomic E-state index is -0.391. The number of hydrogen-bond donors (Lipinski definition) is 2. The standard InChI is InChI=1S/C14H19ClN2O2/c1-10-7-11(4-5-13(10)15)8-16-14(19)17-6-2-3-12(18)9-17/h4-5,7,12,18H,2-3,6,8-9H2,1H3,(H,16,19)/t12-/m1/s1. The first-order valence-electron chi connectivity index (χ1n) is 6.52. The summed E-state index contributed by atoms with van der Waals surface area (Å²) in [7, 11) is 0. The molecule has 0 aliphatic carbocycles. The monoisotopic (exact) mass is 282 g/mol. The van der Waals surface area contributed by atoms with Gasteiger partial charge in [-0.25, -0.2) is 4.79 Å². The van der Waals surface area contributed by atoms with Gasteiger partial charge in [0, 0.05) is 24.7 Å². The summed E-state index contributed by atoms with van der Waals surface area (Å²) in [6.45, 7) is 3.55. The number of rotatable bonds is 2. The SMILES string of the molecule is Cc1cc(CNC(=O)N2CCC[C@@H](O)C2)ccc1Cl. The zero-order chi connectivity index (χ0) is 13.8. The zero-order valence-electron chi connectivity index (χ0n) is 11.0. The van der Waals surface area contributed by atoms with Gasteiger partial charge >= 0.3 is 6.03 Å². The van der Waals surface area contributed by atoms with Crippen LogP contribution in [0.3, 0.4) is 0 Å². The molecule has 1 atom stereocenters. The third-order valence-electron chi connectivity index (χ3n) is 3.35. The third-order valence-corrected chi connectivity index (χ3v) is 3.77. The van der Waals surface area contributed by atoms with E-state index in [1.54, 1.807) is 4.90 Å². The summed E-state index contributed by atoms with van der Waals surface area (Å²) < 4.78 is 0. The van der Waals surface area contributed by atoms with Gasteiger partial charge in [0.1, 0.15) is 0 Å². The van der Waals surface area contributed by atoms with Crippen LogP contribution in [0.15, 0.2) is 18.2 Å². The number of urea groups is 1. The number of aryl methyl sites for hydroxylation is 1. The van der Waals surface area contributed by atoms with E-state index in [1.807, 2.05) is 25.1 Å².